The Balaban J connectivity index is 2.80. The van der Waals surface area contributed by atoms with Crippen molar-refractivity contribution in [1.82, 2.24) is 4.90 Å². The fourth-order valence-corrected chi connectivity index (χ4v) is 2.31. The average Bonchev–Trinajstić information content (AvgIpc) is 2.44. The van der Waals surface area contributed by atoms with Crippen LogP contribution in [0.2, 0.25) is 5.02 Å². The van der Waals surface area contributed by atoms with Crippen molar-refractivity contribution in [3.63, 3.8) is 0 Å². The van der Waals surface area contributed by atoms with Gasteiger partial charge in [-0.1, -0.05) is 50.9 Å². The van der Waals surface area contributed by atoms with E-state index < -0.39 is 6.04 Å². The standard InChI is InChI=1S/C16H25ClN2O/c1-4-9-19(16(20)15(18)12(3)5-2)11-13-7-6-8-14(17)10-13/h6-8,10,12,15H,4-5,9,11,18H2,1-3H3/t12-,15-/m0/s1. The fourth-order valence-electron chi connectivity index (χ4n) is 2.10. The van der Waals surface area contributed by atoms with Crippen molar-refractivity contribution in [3.05, 3.63) is 34.9 Å². The smallest absolute Gasteiger partial charge is 0.240 e. The molecule has 2 atom stereocenters. The molecule has 0 aromatic heterocycles. The number of hydrogen-bond acceptors (Lipinski definition) is 2. The number of halogens is 1. The van der Waals surface area contributed by atoms with E-state index >= 15 is 0 Å². The van der Waals surface area contributed by atoms with Gasteiger partial charge >= 0.3 is 0 Å². The largest absolute Gasteiger partial charge is 0.337 e. The van der Waals surface area contributed by atoms with Gasteiger partial charge in [-0.05, 0) is 30.0 Å². The van der Waals surface area contributed by atoms with Crippen LogP contribution in [0.1, 0.15) is 39.2 Å². The molecule has 1 amide bonds. The molecule has 1 aromatic carbocycles. The number of hydrogen-bond donors (Lipinski definition) is 1. The minimum atomic E-state index is -0.425. The van der Waals surface area contributed by atoms with Crippen molar-refractivity contribution < 1.29 is 4.79 Å². The van der Waals surface area contributed by atoms with E-state index in [-0.39, 0.29) is 11.8 Å². The maximum Gasteiger partial charge on any atom is 0.240 e. The van der Waals surface area contributed by atoms with E-state index in [1.807, 2.05) is 36.1 Å². The Morgan fingerprint density at radius 2 is 2.10 bits per heavy atom. The molecule has 3 nitrogen and oxygen atoms in total. The Labute approximate surface area is 127 Å². The van der Waals surface area contributed by atoms with E-state index in [4.69, 9.17) is 17.3 Å². The van der Waals surface area contributed by atoms with E-state index in [0.29, 0.717) is 11.6 Å². The van der Waals surface area contributed by atoms with Crippen LogP contribution < -0.4 is 5.73 Å². The van der Waals surface area contributed by atoms with Crippen molar-refractivity contribution in [2.24, 2.45) is 11.7 Å². The predicted molar refractivity (Wildman–Crippen MR) is 84.6 cm³/mol. The van der Waals surface area contributed by atoms with Gasteiger partial charge < -0.3 is 10.6 Å². The number of carbonyl (C=O) groups excluding carboxylic acids is 1. The Morgan fingerprint density at radius 3 is 2.65 bits per heavy atom. The van der Waals surface area contributed by atoms with E-state index in [2.05, 4.69) is 13.8 Å². The van der Waals surface area contributed by atoms with Gasteiger partial charge in [-0.3, -0.25) is 4.79 Å². The van der Waals surface area contributed by atoms with Crippen LogP contribution in [-0.2, 0) is 11.3 Å². The summed E-state index contributed by atoms with van der Waals surface area (Å²) in [5, 5.41) is 0.692. The quantitative estimate of drug-likeness (QED) is 0.837. The second-order valence-corrected chi connectivity index (χ2v) is 5.74. The van der Waals surface area contributed by atoms with Gasteiger partial charge in [0.15, 0.2) is 0 Å². The maximum atomic E-state index is 12.5. The zero-order valence-electron chi connectivity index (χ0n) is 12.6. The number of carbonyl (C=O) groups is 1. The Hall–Kier alpha value is -1.06. The molecule has 0 fully saturated rings. The molecule has 1 rings (SSSR count). The van der Waals surface area contributed by atoms with Crippen LogP contribution in [0.3, 0.4) is 0 Å². The highest BCUT2D eigenvalue weighted by Gasteiger charge is 2.24. The Bertz CT molecular complexity index is 436. The summed E-state index contributed by atoms with van der Waals surface area (Å²) in [7, 11) is 0. The van der Waals surface area contributed by atoms with Crippen molar-refractivity contribution in [2.45, 2.75) is 46.2 Å². The first-order valence-electron chi connectivity index (χ1n) is 7.28. The molecular formula is C16H25ClN2O. The first-order valence-corrected chi connectivity index (χ1v) is 7.66. The van der Waals surface area contributed by atoms with Crippen LogP contribution in [0, 0.1) is 5.92 Å². The van der Waals surface area contributed by atoms with Crippen LogP contribution in [0.15, 0.2) is 24.3 Å². The summed E-state index contributed by atoms with van der Waals surface area (Å²) in [5.74, 6) is 0.224. The summed E-state index contributed by atoms with van der Waals surface area (Å²) < 4.78 is 0. The molecule has 0 aliphatic rings. The highest BCUT2D eigenvalue weighted by atomic mass is 35.5. The number of nitrogens with zero attached hydrogens (tertiary/aromatic N) is 1. The van der Waals surface area contributed by atoms with Gasteiger partial charge in [-0.25, -0.2) is 0 Å². The van der Waals surface area contributed by atoms with E-state index in [9.17, 15) is 4.79 Å². The van der Waals surface area contributed by atoms with Gasteiger partial charge in [-0.15, -0.1) is 0 Å². The third-order valence-electron chi connectivity index (χ3n) is 3.61. The van der Waals surface area contributed by atoms with E-state index in [1.54, 1.807) is 0 Å². The molecule has 0 saturated carbocycles. The van der Waals surface area contributed by atoms with Gasteiger partial charge in [0.2, 0.25) is 5.91 Å². The Morgan fingerprint density at radius 1 is 1.40 bits per heavy atom. The lowest BCUT2D eigenvalue weighted by Crippen LogP contribution is -2.47. The first-order chi connectivity index (χ1) is 9.49. The number of benzene rings is 1. The van der Waals surface area contributed by atoms with Gasteiger partial charge in [0.25, 0.3) is 0 Å². The zero-order valence-corrected chi connectivity index (χ0v) is 13.4. The molecule has 0 heterocycles. The lowest BCUT2D eigenvalue weighted by Gasteiger charge is -2.28. The number of amides is 1. The molecule has 0 aliphatic carbocycles. The molecule has 112 valence electrons. The second-order valence-electron chi connectivity index (χ2n) is 5.30. The van der Waals surface area contributed by atoms with Gasteiger partial charge in [0, 0.05) is 18.1 Å². The summed E-state index contributed by atoms with van der Waals surface area (Å²) in [6.45, 7) is 7.42. The van der Waals surface area contributed by atoms with Crippen LogP contribution in [0.4, 0.5) is 0 Å². The monoisotopic (exact) mass is 296 g/mol. The molecule has 0 saturated heterocycles. The van der Waals surface area contributed by atoms with Gasteiger partial charge in [0.1, 0.15) is 0 Å². The van der Waals surface area contributed by atoms with Crippen LogP contribution in [0.5, 0.6) is 0 Å². The maximum absolute atomic E-state index is 12.5. The summed E-state index contributed by atoms with van der Waals surface area (Å²) >= 11 is 5.99. The molecule has 2 N–H and O–H groups in total. The third kappa shape index (κ3) is 4.80. The molecule has 0 aliphatic heterocycles. The van der Waals surface area contributed by atoms with Crippen molar-refractivity contribution in [1.29, 1.82) is 0 Å². The Kier molecular flexibility index (Phi) is 7.03. The molecule has 1 aromatic rings. The molecule has 0 unspecified atom stereocenters. The predicted octanol–water partition coefficient (Wildman–Crippen LogP) is 3.45. The second kappa shape index (κ2) is 8.28. The van der Waals surface area contributed by atoms with E-state index in [1.165, 1.54) is 0 Å². The zero-order chi connectivity index (χ0) is 15.1. The van der Waals surface area contributed by atoms with E-state index in [0.717, 1.165) is 24.9 Å². The first kappa shape index (κ1) is 17.0. The normalized spacial score (nSPS) is 13.8. The van der Waals surface area contributed by atoms with Crippen molar-refractivity contribution in [3.8, 4) is 0 Å². The summed E-state index contributed by atoms with van der Waals surface area (Å²) in [6, 6.07) is 7.19. The summed E-state index contributed by atoms with van der Waals surface area (Å²) in [5.41, 5.74) is 7.11. The molecule has 0 spiro atoms. The lowest BCUT2D eigenvalue weighted by molar-refractivity contribution is -0.134. The van der Waals surface area contributed by atoms with Crippen LogP contribution >= 0.6 is 11.6 Å². The number of rotatable bonds is 7. The van der Waals surface area contributed by atoms with Crippen molar-refractivity contribution in [2.75, 3.05) is 6.54 Å². The van der Waals surface area contributed by atoms with Crippen LogP contribution in [-0.4, -0.2) is 23.4 Å². The molecule has 0 radical (unpaired) electrons. The number of nitrogens with two attached hydrogens (primary N) is 1. The minimum absolute atomic E-state index is 0.0289. The molecule has 20 heavy (non-hydrogen) atoms. The summed E-state index contributed by atoms with van der Waals surface area (Å²) in [4.78, 5) is 14.3. The fraction of sp³-hybridized carbons (Fsp3) is 0.562. The highest BCUT2D eigenvalue weighted by molar-refractivity contribution is 6.30. The third-order valence-corrected chi connectivity index (χ3v) is 3.84. The minimum Gasteiger partial charge on any atom is -0.337 e. The topological polar surface area (TPSA) is 46.3 Å². The van der Waals surface area contributed by atoms with Crippen LogP contribution in [0.25, 0.3) is 0 Å². The van der Waals surface area contributed by atoms with Gasteiger partial charge in [-0.2, -0.15) is 0 Å². The molecular weight excluding hydrogens is 272 g/mol. The molecule has 0 bridgehead atoms. The summed E-state index contributed by atoms with van der Waals surface area (Å²) in [6.07, 6.45) is 1.82. The molecule has 4 heteroatoms. The van der Waals surface area contributed by atoms with Gasteiger partial charge in [0.05, 0.1) is 6.04 Å². The average molecular weight is 297 g/mol. The van der Waals surface area contributed by atoms with Crippen molar-refractivity contribution >= 4 is 17.5 Å². The lowest BCUT2D eigenvalue weighted by atomic mass is 9.98. The SMILES string of the molecule is CCCN(Cc1cccc(Cl)c1)C(=O)[C@@H](N)[C@@H](C)CC. The highest BCUT2D eigenvalue weighted by Crippen LogP contribution is 2.15.